The number of para-hydroxylation sites is 1. The van der Waals surface area contributed by atoms with Crippen LogP contribution in [0.2, 0.25) is 0 Å². The summed E-state index contributed by atoms with van der Waals surface area (Å²) in [5.41, 5.74) is -0.295. The van der Waals surface area contributed by atoms with Gasteiger partial charge in [0, 0.05) is 22.3 Å². The van der Waals surface area contributed by atoms with Gasteiger partial charge in [-0.15, -0.1) is 0 Å². The zero-order valence-corrected chi connectivity index (χ0v) is 13.7. The van der Waals surface area contributed by atoms with Crippen molar-refractivity contribution in [2.75, 3.05) is 5.32 Å². The number of phenolic OH excluding ortho intramolecular Hbond substituents is 1. The second kappa shape index (κ2) is 6.27. The first-order valence-corrected chi connectivity index (χ1v) is 7.44. The molecule has 0 fully saturated rings. The molecular formula is C14H10Br2F3NO. The SMILES string of the molecule is Oc1c(Br)cccc1CNc1ccc(Br)cc1C(F)(F)F. The number of anilines is 1. The van der Waals surface area contributed by atoms with E-state index in [4.69, 9.17) is 0 Å². The van der Waals surface area contributed by atoms with Gasteiger partial charge in [0.05, 0.1) is 10.0 Å². The number of hydrogen-bond donors (Lipinski definition) is 2. The molecule has 2 nitrogen and oxygen atoms in total. The lowest BCUT2D eigenvalue weighted by atomic mass is 10.1. The standard InChI is InChI=1S/C14H10Br2F3NO/c15-9-4-5-12(10(6-9)14(17,18)19)20-7-8-2-1-3-11(16)13(8)21/h1-6,20-21H,7H2. The molecule has 0 amide bonds. The van der Waals surface area contributed by atoms with Gasteiger partial charge in [-0.1, -0.05) is 28.1 Å². The normalized spacial score (nSPS) is 11.5. The minimum absolute atomic E-state index is 0.00988. The fourth-order valence-corrected chi connectivity index (χ4v) is 2.57. The summed E-state index contributed by atoms with van der Waals surface area (Å²) in [6, 6.07) is 8.88. The van der Waals surface area contributed by atoms with Crippen LogP contribution in [0, 0.1) is 0 Å². The van der Waals surface area contributed by atoms with Crippen LogP contribution in [0.3, 0.4) is 0 Å². The molecule has 0 aliphatic carbocycles. The van der Waals surface area contributed by atoms with E-state index in [0.717, 1.165) is 6.07 Å². The molecule has 0 unspecified atom stereocenters. The number of phenols is 1. The van der Waals surface area contributed by atoms with Crippen LogP contribution in [-0.4, -0.2) is 5.11 Å². The molecule has 7 heteroatoms. The van der Waals surface area contributed by atoms with E-state index in [0.29, 0.717) is 14.5 Å². The zero-order valence-electron chi connectivity index (χ0n) is 10.5. The van der Waals surface area contributed by atoms with Gasteiger partial charge in [-0.25, -0.2) is 0 Å². The molecule has 2 aromatic rings. The fourth-order valence-electron chi connectivity index (χ4n) is 1.80. The van der Waals surface area contributed by atoms with Crippen LogP contribution in [0.1, 0.15) is 11.1 Å². The molecule has 0 bridgehead atoms. The van der Waals surface area contributed by atoms with Gasteiger partial charge in [0.15, 0.2) is 0 Å². The second-order valence-electron chi connectivity index (χ2n) is 4.29. The van der Waals surface area contributed by atoms with Crippen molar-refractivity contribution < 1.29 is 18.3 Å². The van der Waals surface area contributed by atoms with Crippen molar-refractivity contribution >= 4 is 37.5 Å². The molecule has 0 radical (unpaired) electrons. The van der Waals surface area contributed by atoms with Gasteiger partial charge in [0.25, 0.3) is 0 Å². The molecule has 0 spiro atoms. The number of rotatable bonds is 3. The van der Waals surface area contributed by atoms with E-state index in [-0.39, 0.29) is 18.0 Å². The molecule has 0 atom stereocenters. The lowest BCUT2D eigenvalue weighted by Gasteiger charge is -2.15. The average molecular weight is 425 g/mol. The minimum Gasteiger partial charge on any atom is -0.506 e. The maximum atomic E-state index is 13.0. The van der Waals surface area contributed by atoms with Crippen molar-refractivity contribution in [3.05, 3.63) is 56.5 Å². The van der Waals surface area contributed by atoms with Crippen molar-refractivity contribution in [1.82, 2.24) is 0 Å². The maximum Gasteiger partial charge on any atom is 0.418 e. The van der Waals surface area contributed by atoms with Crippen LogP contribution < -0.4 is 5.32 Å². The average Bonchev–Trinajstić information content (AvgIpc) is 2.40. The van der Waals surface area contributed by atoms with Crippen molar-refractivity contribution in [2.45, 2.75) is 12.7 Å². The van der Waals surface area contributed by atoms with E-state index in [1.54, 1.807) is 18.2 Å². The van der Waals surface area contributed by atoms with Crippen molar-refractivity contribution in [1.29, 1.82) is 0 Å². The number of benzene rings is 2. The highest BCUT2D eigenvalue weighted by Crippen LogP contribution is 2.37. The second-order valence-corrected chi connectivity index (χ2v) is 6.06. The highest BCUT2D eigenvalue weighted by atomic mass is 79.9. The van der Waals surface area contributed by atoms with Crippen LogP contribution >= 0.6 is 31.9 Å². The first kappa shape index (κ1) is 16.2. The van der Waals surface area contributed by atoms with Gasteiger partial charge in [-0.3, -0.25) is 0 Å². The Labute approximate surface area is 136 Å². The molecule has 0 saturated heterocycles. The van der Waals surface area contributed by atoms with E-state index in [1.165, 1.54) is 12.1 Å². The summed E-state index contributed by atoms with van der Waals surface area (Å²) in [7, 11) is 0. The molecule has 112 valence electrons. The Morgan fingerprint density at radius 2 is 1.81 bits per heavy atom. The van der Waals surface area contributed by atoms with Gasteiger partial charge in [-0.05, 0) is 40.2 Å². The third-order valence-electron chi connectivity index (χ3n) is 2.83. The number of alkyl halides is 3. The first-order valence-electron chi connectivity index (χ1n) is 5.86. The molecule has 2 aromatic carbocycles. The van der Waals surface area contributed by atoms with Crippen molar-refractivity contribution in [3.8, 4) is 5.75 Å². The summed E-state index contributed by atoms with van der Waals surface area (Å²) in [5, 5.41) is 12.5. The number of aromatic hydroxyl groups is 1. The zero-order chi connectivity index (χ0) is 15.6. The first-order chi connectivity index (χ1) is 9.79. The molecule has 0 aliphatic heterocycles. The van der Waals surface area contributed by atoms with E-state index < -0.39 is 11.7 Å². The highest BCUT2D eigenvalue weighted by Gasteiger charge is 2.33. The van der Waals surface area contributed by atoms with E-state index in [9.17, 15) is 18.3 Å². The molecule has 0 aliphatic rings. The smallest absolute Gasteiger partial charge is 0.418 e. The van der Waals surface area contributed by atoms with Gasteiger partial charge < -0.3 is 10.4 Å². The Balaban J connectivity index is 2.26. The molecule has 0 aromatic heterocycles. The van der Waals surface area contributed by atoms with Crippen LogP contribution in [0.15, 0.2) is 45.3 Å². The van der Waals surface area contributed by atoms with Crippen LogP contribution in [0.4, 0.5) is 18.9 Å². The van der Waals surface area contributed by atoms with Crippen LogP contribution in [-0.2, 0) is 12.7 Å². The summed E-state index contributed by atoms with van der Waals surface area (Å²) in [6.07, 6.45) is -4.45. The maximum absolute atomic E-state index is 13.0. The van der Waals surface area contributed by atoms with Gasteiger partial charge in [0.2, 0.25) is 0 Å². The largest absolute Gasteiger partial charge is 0.506 e. The summed E-state index contributed by atoms with van der Waals surface area (Å²) < 4.78 is 39.8. The summed E-state index contributed by atoms with van der Waals surface area (Å²) >= 11 is 6.20. The summed E-state index contributed by atoms with van der Waals surface area (Å²) in [4.78, 5) is 0. The monoisotopic (exact) mass is 423 g/mol. The summed E-state index contributed by atoms with van der Waals surface area (Å²) in [5.74, 6) is 0.00988. The van der Waals surface area contributed by atoms with Gasteiger partial charge in [-0.2, -0.15) is 13.2 Å². The predicted octanol–water partition coefficient (Wildman–Crippen LogP) is 5.55. The molecule has 2 rings (SSSR count). The molecule has 2 N–H and O–H groups in total. The molecular weight excluding hydrogens is 415 g/mol. The Kier molecular flexibility index (Phi) is 4.83. The highest BCUT2D eigenvalue weighted by molar-refractivity contribution is 9.10. The quantitative estimate of drug-likeness (QED) is 0.677. The van der Waals surface area contributed by atoms with Gasteiger partial charge in [0.1, 0.15) is 5.75 Å². The summed E-state index contributed by atoms with van der Waals surface area (Å²) in [6.45, 7) is 0.0794. The number of hydrogen-bond acceptors (Lipinski definition) is 2. The fraction of sp³-hybridized carbons (Fsp3) is 0.143. The molecule has 0 heterocycles. The van der Waals surface area contributed by atoms with Crippen molar-refractivity contribution in [2.24, 2.45) is 0 Å². The minimum atomic E-state index is -4.45. The Hall–Kier alpha value is -1.21. The third kappa shape index (κ3) is 3.91. The van der Waals surface area contributed by atoms with Crippen LogP contribution in [0.25, 0.3) is 0 Å². The third-order valence-corrected chi connectivity index (χ3v) is 3.96. The van der Waals surface area contributed by atoms with Crippen molar-refractivity contribution in [3.63, 3.8) is 0 Å². The van der Waals surface area contributed by atoms with E-state index in [1.807, 2.05) is 0 Å². The Morgan fingerprint density at radius 1 is 1.10 bits per heavy atom. The number of halogens is 5. The lowest BCUT2D eigenvalue weighted by molar-refractivity contribution is -0.137. The predicted molar refractivity (Wildman–Crippen MR) is 82.3 cm³/mol. The topological polar surface area (TPSA) is 32.3 Å². The molecule has 0 saturated carbocycles. The van der Waals surface area contributed by atoms with Gasteiger partial charge >= 0.3 is 6.18 Å². The van der Waals surface area contributed by atoms with E-state index >= 15 is 0 Å². The molecule has 21 heavy (non-hydrogen) atoms. The Morgan fingerprint density at radius 3 is 2.48 bits per heavy atom. The van der Waals surface area contributed by atoms with Crippen LogP contribution in [0.5, 0.6) is 5.75 Å². The Bertz CT molecular complexity index is 659. The van der Waals surface area contributed by atoms with E-state index in [2.05, 4.69) is 37.2 Å². The lowest BCUT2D eigenvalue weighted by Crippen LogP contribution is -2.11. The number of nitrogens with one attached hydrogen (secondary N) is 1.